The second-order valence-corrected chi connectivity index (χ2v) is 8.13. The number of furan rings is 1. The fourth-order valence-electron chi connectivity index (χ4n) is 2.53. The van der Waals surface area contributed by atoms with Gasteiger partial charge in [0, 0.05) is 23.9 Å². The maximum absolute atomic E-state index is 12.2. The number of halogens is 2. The first-order valence-corrected chi connectivity index (χ1v) is 9.38. The third-order valence-electron chi connectivity index (χ3n) is 4.11. The summed E-state index contributed by atoms with van der Waals surface area (Å²) in [5.74, 6) is 1.30. The average Bonchev–Trinajstić information content (AvgIpc) is 3.26. The predicted molar refractivity (Wildman–Crippen MR) is 107 cm³/mol. The lowest BCUT2D eigenvalue weighted by molar-refractivity contribution is 0.0948. The Bertz CT molecular complexity index is 954. The third kappa shape index (κ3) is 4.73. The number of carbonyl (C=O) groups is 1. The van der Waals surface area contributed by atoms with Gasteiger partial charge in [0.2, 0.25) is 0 Å². The first-order chi connectivity index (χ1) is 12.7. The third-order valence-corrected chi connectivity index (χ3v) is 4.85. The van der Waals surface area contributed by atoms with Crippen LogP contribution < -0.4 is 5.32 Å². The van der Waals surface area contributed by atoms with E-state index in [1.165, 1.54) is 0 Å². The Morgan fingerprint density at radius 2 is 1.93 bits per heavy atom. The van der Waals surface area contributed by atoms with Gasteiger partial charge in [-0.3, -0.25) is 9.89 Å². The Hall–Kier alpha value is -2.24. The van der Waals surface area contributed by atoms with E-state index >= 15 is 0 Å². The normalized spacial score (nSPS) is 11.6. The molecular weight excluding hydrogens is 385 g/mol. The molecule has 0 aliphatic heterocycles. The molecule has 7 heteroatoms. The highest BCUT2D eigenvalue weighted by Gasteiger charge is 2.19. The molecule has 1 amide bonds. The van der Waals surface area contributed by atoms with Crippen LogP contribution in [0.3, 0.4) is 0 Å². The molecule has 2 N–H and O–H groups in total. The van der Waals surface area contributed by atoms with Gasteiger partial charge < -0.3 is 9.73 Å². The number of hydrogen-bond acceptors (Lipinski definition) is 3. The lowest BCUT2D eigenvalue weighted by Gasteiger charge is -2.13. The van der Waals surface area contributed by atoms with Gasteiger partial charge in [-0.1, -0.05) is 44.0 Å². The molecule has 0 atom stereocenters. The fraction of sp³-hybridized carbons (Fsp3) is 0.300. The number of rotatable bonds is 5. The molecule has 0 fully saturated rings. The largest absolute Gasteiger partial charge is 0.461 e. The van der Waals surface area contributed by atoms with Gasteiger partial charge in [0.15, 0.2) is 0 Å². The summed E-state index contributed by atoms with van der Waals surface area (Å²) >= 11 is 12.0. The highest BCUT2D eigenvalue weighted by Crippen LogP contribution is 2.29. The van der Waals surface area contributed by atoms with E-state index in [2.05, 4.69) is 15.5 Å². The minimum absolute atomic E-state index is 0.107. The van der Waals surface area contributed by atoms with Gasteiger partial charge in [-0.15, -0.1) is 0 Å². The highest BCUT2D eigenvalue weighted by molar-refractivity contribution is 6.42. The van der Waals surface area contributed by atoms with E-state index in [1.807, 2.05) is 39.0 Å². The molecule has 27 heavy (non-hydrogen) atoms. The van der Waals surface area contributed by atoms with Gasteiger partial charge in [-0.25, -0.2) is 0 Å². The van der Waals surface area contributed by atoms with Gasteiger partial charge >= 0.3 is 0 Å². The van der Waals surface area contributed by atoms with Crippen molar-refractivity contribution >= 4 is 29.1 Å². The van der Waals surface area contributed by atoms with E-state index in [9.17, 15) is 4.79 Å². The summed E-state index contributed by atoms with van der Waals surface area (Å²) in [5, 5.41) is 10.8. The van der Waals surface area contributed by atoms with E-state index < -0.39 is 0 Å². The molecule has 3 aromatic rings. The summed E-state index contributed by atoms with van der Waals surface area (Å²) in [6.45, 7) is 6.60. The van der Waals surface area contributed by atoms with E-state index in [-0.39, 0.29) is 11.3 Å². The van der Waals surface area contributed by atoms with Crippen LogP contribution in [0, 0.1) is 0 Å². The van der Waals surface area contributed by atoms with E-state index in [0.29, 0.717) is 34.5 Å². The van der Waals surface area contributed by atoms with Crippen molar-refractivity contribution in [3.8, 4) is 11.3 Å². The Kier molecular flexibility index (Phi) is 5.63. The summed E-state index contributed by atoms with van der Waals surface area (Å²) in [5.41, 5.74) is 2.05. The quantitative estimate of drug-likeness (QED) is 0.608. The van der Waals surface area contributed by atoms with Crippen LogP contribution in [0.2, 0.25) is 10.0 Å². The SMILES string of the molecule is CC(C)(C)c1cc(C(=O)NCCc2ccc(-c3ccc(Cl)c(Cl)c3)o2)[nH]n1. The van der Waals surface area contributed by atoms with Crippen LogP contribution in [0.15, 0.2) is 40.8 Å². The summed E-state index contributed by atoms with van der Waals surface area (Å²) < 4.78 is 5.83. The topological polar surface area (TPSA) is 70.9 Å². The van der Waals surface area contributed by atoms with Gasteiger partial charge in [-0.2, -0.15) is 5.10 Å². The zero-order valence-corrected chi connectivity index (χ0v) is 16.9. The van der Waals surface area contributed by atoms with Crippen molar-refractivity contribution in [2.75, 3.05) is 6.54 Å². The zero-order valence-electron chi connectivity index (χ0n) is 15.4. The lowest BCUT2D eigenvalue weighted by Crippen LogP contribution is -2.25. The Morgan fingerprint density at radius 3 is 2.59 bits per heavy atom. The van der Waals surface area contributed by atoms with Crippen LogP contribution in [-0.2, 0) is 11.8 Å². The molecule has 3 rings (SSSR count). The standard InChI is InChI=1S/C20H21Cl2N3O2/c1-20(2,3)18-11-16(24-25-18)19(26)23-9-8-13-5-7-17(27-13)12-4-6-14(21)15(22)10-12/h4-7,10-11H,8-9H2,1-3H3,(H,23,26)(H,24,25). The maximum Gasteiger partial charge on any atom is 0.269 e. The summed E-state index contributed by atoms with van der Waals surface area (Å²) in [7, 11) is 0. The van der Waals surface area contributed by atoms with E-state index in [0.717, 1.165) is 17.0 Å². The molecule has 0 bridgehead atoms. The first-order valence-electron chi connectivity index (χ1n) is 8.62. The number of carbonyl (C=O) groups excluding carboxylic acids is 1. The number of aromatic nitrogens is 2. The Labute approximate surface area is 168 Å². The van der Waals surface area contributed by atoms with Gasteiger partial charge in [0.1, 0.15) is 17.2 Å². The number of benzene rings is 1. The van der Waals surface area contributed by atoms with Gasteiger partial charge in [0.05, 0.1) is 15.7 Å². The minimum Gasteiger partial charge on any atom is -0.461 e. The zero-order chi connectivity index (χ0) is 19.6. The highest BCUT2D eigenvalue weighted by atomic mass is 35.5. The van der Waals surface area contributed by atoms with Crippen LogP contribution in [0.1, 0.15) is 42.7 Å². The smallest absolute Gasteiger partial charge is 0.269 e. The average molecular weight is 406 g/mol. The number of hydrogen-bond donors (Lipinski definition) is 2. The van der Waals surface area contributed by atoms with Crippen LogP contribution in [0.5, 0.6) is 0 Å². The Balaban J connectivity index is 1.56. The molecule has 0 unspecified atom stereocenters. The minimum atomic E-state index is -0.186. The van der Waals surface area contributed by atoms with Crippen molar-refractivity contribution in [3.05, 3.63) is 63.6 Å². The molecule has 0 saturated heterocycles. The monoisotopic (exact) mass is 405 g/mol. The maximum atomic E-state index is 12.2. The van der Waals surface area contributed by atoms with Crippen molar-refractivity contribution in [2.45, 2.75) is 32.6 Å². The van der Waals surface area contributed by atoms with Crippen molar-refractivity contribution in [1.82, 2.24) is 15.5 Å². The predicted octanol–water partition coefficient (Wildman–Crippen LogP) is 5.25. The van der Waals surface area contributed by atoms with Crippen molar-refractivity contribution in [2.24, 2.45) is 0 Å². The number of aromatic amines is 1. The molecule has 2 aromatic heterocycles. The number of H-pyrrole nitrogens is 1. The molecule has 0 spiro atoms. The molecule has 142 valence electrons. The number of amides is 1. The molecule has 0 aliphatic rings. The van der Waals surface area contributed by atoms with Crippen molar-refractivity contribution in [1.29, 1.82) is 0 Å². The van der Waals surface area contributed by atoms with Crippen LogP contribution in [-0.4, -0.2) is 22.6 Å². The number of nitrogens with one attached hydrogen (secondary N) is 2. The molecule has 5 nitrogen and oxygen atoms in total. The van der Waals surface area contributed by atoms with Crippen molar-refractivity contribution < 1.29 is 9.21 Å². The Morgan fingerprint density at radius 1 is 1.15 bits per heavy atom. The second kappa shape index (κ2) is 7.79. The molecule has 0 radical (unpaired) electrons. The molecular formula is C20H21Cl2N3O2. The van der Waals surface area contributed by atoms with Gasteiger partial charge in [-0.05, 0) is 36.4 Å². The summed E-state index contributed by atoms with van der Waals surface area (Å²) in [6, 6.07) is 10.9. The first kappa shape index (κ1) is 19.5. The van der Waals surface area contributed by atoms with Crippen LogP contribution in [0.25, 0.3) is 11.3 Å². The van der Waals surface area contributed by atoms with Crippen molar-refractivity contribution in [3.63, 3.8) is 0 Å². The van der Waals surface area contributed by atoms with Gasteiger partial charge in [0.25, 0.3) is 5.91 Å². The molecule has 0 aliphatic carbocycles. The van der Waals surface area contributed by atoms with Crippen LogP contribution >= 0.6 is 23.2 Å². The summed E-state index contributed by atoms with van der Waals surface area (Å²) in [6.07, 6.45) is 0.577. The lowest BCUT2D eigenvalue weighted by atomic mass is 9.92. The summed E-state index contributed by atoms with van der Waals surface area (Å²) in [4.78, 5) is 12.2. The fourth-order valence-corrected chi connectivity index (χ4v) is 2.83. The van der Waals surface area contributed by atoms with Crippen LogP contribution in [0.4, 0.5) is 0 Å². The second-order valence-electron chi connectivity index (χ2n) is 7.32. The molecule has 1 aromatic carbocycles. The number of nitrogens with zero attached hydrogens (tertiary/aromatic N) is 1. The molecule has 2 heterocycles. The molecule has 0 saturated carbocycles. The van der Waals surface area contributed by atoms with E-state index in [1.54, 1.807) is 18.2 Å². The van der Waals surface area contributed by atoms with E-state index in [4.69, 9.17) is 27.6 Å².